The minimum atomic E-state index is -0.600. The van der Waals surface area contributed by atoms with Gasteiger partial charge in [-0.3, -0.25) is 4.79 Å². The SMILES string of the molecule is O=Cc1ccc(CO)o1.OCC1CCC(CO)O1.OCCCCC(O)CO.OCCCCCCO.OCc1ccc(CO)o1. The molecule has 14 nitrogen and oxygen atoms in total. The predicted molar refractivity (Wildman–Crippen MR) is 159 cm³/mol. The first-order valence-electron chi connectivity index (χ1n) is 14.7. The van der Waals surface area contributed by atoms with Crippen molar-refractivity contribution < 1.29 is 69.4 Å². The van der Waals surface area contributed by atoms with Gasteiger partial charge in [0.1, 0.15) is 37.1 Å². The molecule has 2 aromatic heterocycles. The van der Waals surface area contributed by atoms with Gasteiger partial charge in [-0.05, 0) is 69.2 Å². The van der Waals surface area contributed by atoms with Gasteiger partial charge in [0.15, 0.2) is 12.0 Å². The van der Waals surface area contributed by atoms with Crippen LogP contribution in [0.5, 0.6) is 0 Å². The number of aldehydes is 1. The first kappa shape index (κ1) is 43.9. The summed E-state index contributed by atoms with van der Waals surface area (Å²) in [6.07, 6.45) is 7.59. The van der Waals surface area contributed by atoms with E-state index in [2.05, 4.69) is 0 Å². The molecule has 3 rings (SSSR count). The van der Waals surface area contributed by atoms with Crippen molar-refractivity contribution in [2.45, 2.75) is 95.9 Å². The van der Waals surface area contributed by atoms with E-state index in [9.17, 15) is 4.79 Å². The van der Waals surface area contributed by atoms with Crippen LogP contribution < -0.4 is 0 Å². The highest BCUT2D eigenvalue weighted by Crippen LogP contribution is 2.18. The van der Waals surface area contributed by atoms with E-state index in [0.717, 1.165) is 44.9 Å². The molecular weight excluding hydrogens is 584 g/mol. The largest absolute Gasteiger partial charge is 0.461 e. The van der Waals surface area contributed by atoms with Gasteiger partial charge in [0.25, 0.3) is 0 Å². The lowest BCUT2D eigenvalue weighted by molar-refractivity contribution is -0.0119. The second-order valence-electron chi connectivity index (χ2n) is 9.50. The van der Waals surface area contributed by atoms with Crippen LogP contribution in [0.1, 0.15) is 85.6 Å². The number of hydrogen-bond donors (Lipinski definition) is 10. The molecule has 0 aliphatic carbocycles. The number of ether oxygens (including phenoxy) is 1. The molecule has 14 heteroatoms. The zero-order valence-electron chi connectivity index (χ0n) is 25.5. The van der Waals surface area contributed by atoms with Crippen LogP contribution in [0.2, 0.25) is 0 Å². The van der Waals surface area contributed by atoms with Crippen LogP contribution in [0.3, 0.4) is 0 Å². The summed E-state index contributed by atoms with van der Waals surface area (Å²) < 4.78 is 14.8. The Kier molecular flexibility index (Phi) is 32.1. The van der Waals surface area contributed by atoms with Gasteiger partial charge < -0.3 is 64.6 Å². The monoisotopic (exact) mass is 638 g/mol. The minimum absolute atomic E-state index is 0.0258. The summed E-state index contributed by atoms with van der Waals surface area (Å²) in [5, 5.41) is 84.5. The topological polar surface area (TPSA) is 255 Å². The standard InChI is InChI=1S/C6H12O3.C6H8O3.C6H6O3.C6H14O3.C6H14O2/c3*7-3-5-1-2-6(4-8)9-5;7-4-2-1-3-6(9)5-8;7-5-3-1-2-4-6-8/h5-8H,1-4H2;1-2,7-8H,3-4H2;1-3,8H,4H2;6-9H,1-5H2;7-8H,1-6H2. The third-order valence-electron chi connectivity index (χ3n) is 5.81. The van der Waals surface area contributed by atoms with Crippen LogP contribution in [-0.2, 0) is 24.6 Å². The number of furan rings is 2. The molecule has 2 aromatic rings. The summed E-state index contributed by atoms with van der Waals surface area (Å²) in [6.45, 7) is 0.335. The Hall–Kier alpha value is -2.21. The number of carbonyl (C=O) groups excluding carboxylic acids is 1. The van der Waals surface area contributed by atoms with Crippen molar-refractivity contribution in [1.82, 2.24) is 0 Å². The summed E-state index contributed by atoms with van der Waals surface area (Å²) in [5.41, 5.74) is 0. The highest BCUT2D eigenvalue weighted by atomic mass is 16.5. The number of aliphatic hydroxyl groups excluding tert-OH is 10. The Morgan fingerprint density at radius 3 is 1.36 bits per heavy atom. The molecule has 1 saturated heterocycles. The van der Waals surface area contributed by atoms with Gasteiger partial charge in [-0.1, -0.05) is 12.8 Å². The first-order valence-corrected chi connectivity index (χ1v) is 14.7. The van der Waals surface area contributed by atoms with E-state index >= 15 is 0 Å². The Morgan fingerprint density at radius 1 is 0.636 bits per heavy atom. The maximum atomic E-state index is 9.96. The third-order valence-corrected chi connectivity index (χ3v) is 5.81. The van der Waals surface area contributed by atoms with Gasteiger partial charge in [-0.15, -0.1) is 0 Å². The average Bonchev–Trinajstić information content (AvgIpc) is 3.85. The van der Waals surface area contributed by atoms with Gasteiger partial charge in [0.2, 0.25) is 0 Å². The second-order valence-corrected chi connectivity index (χ2v) is 9.50. The van der Waals surface area contributed by atoms with E-state index < -0.39 is 6.10 Å². The van der Waals surface area contributed by atoms with E-state index in [1.54, 1.807) is 18.2 Å². The normalized spacial score (nSPS) is 15.8. The van der Waals surface area contributed by atoms with Crippen LogP contribution >= 0.6 is 0 Å². The molecule has 1 fully saturated rings. The number of unbranched alkanes of at least 4 members (excludes halogenated alkanes) is 4. The molecule has 0 amide bonds. The molecule has 3 heterocycles. The molecule has 0 radical (unpaired) electrons. The van der Waals surface area contributed by atoms with E-state index in [4.69, 9.17) is 64.6 Å². The van der Waals surface area contributed by atoms with Crippen molar-refractivity contribution in [3.8, 4) is 0 Å². The maximum Gasteiger partial charge on any atom is 0.185 e. The van der Waals surface area contributed by atoms with Crippen molar-refractivity contribution >= 4 is 6.29 Å². The van der Waals surface area contributed by atoms with Crippen LogP contribution in [0.15, 0.2) is 33.1 Å². The van der Waals surface area contributed by atoms with Crippen LogP contribution in [0, 0.1) is 0 Å². The van der Waals surface area contributed by atoms with Crippen molar-refractivity contribution in [1.29, 1.82) is 0 Å². The number of aliphatic hydroxyl groups is 10. The van der Waals surface area contributed by atoms with Crippen LogP contribution in [0.25, 0.3) is 0 Å². The molecule has 0 saturated carbocycles. The van der Waals surface area contributed by atoms with Crippen molar-refractivity contribution in [3.05, 3.63) is 47.3 Å². The van der Waals surface area contributed by atoms with Gasteiger partial charge in [0.05, 0.1) is 38.1 Å². The van der Waals surface area contributed by atoms with Gasteiger partial charge in [-0.2, -0.15) is 0 Å². The maximum absolute atomic E-state index is 9.96. The van der Waals surface area contributed by atoms with E-state index in [1.807, 2.05) is 0 Å². The summed E-state index contributed by atoms with van der Waals surface area (Å²) in [6, 6.07) is 6.33. The van der Waals surface area contributed by atoms with Gasteiger partial charge in [0, 0.05) is 19.8 Å². The van der Waals surface area contributed by atoms with Crippen LogP contribution in [0.4, 0.5) is 0 Å². The zero-order valence-corrected chi connectivity index (χ0v) is 25.5. The highest BCUT2D eigenvalue weighted by Gasteiger charge is 2.23. The molecular formula is C30H54O14. The molecule has 0 spiro atoms. The lowest BCUT2D eigenvalue weighted by Crippen LogP contribution is -2.16. The Morgan fingerprint density at radius 2 is 1.07 bits per heavy atom. The van der Waals surface area contributed by atoms with Crippen molar-refractivity contribution in [3.63, 3.8) is 0 Å². The van der Waals surface area contributed by atoms with Crippen LogP contribution in [-0.4, -0.2) is 115 Å². The second kappa shape index (κ2) is 32.2. The molecule has 44 heavy (non-hydrogen) atoms. The fourth-order valence-electron chi connectivity index (χ4n) is 3.34. The lowest BCUT2D eigenvalue weighted by atomic mass is 10.2. The number of carbonyl (C=O) groups is 1. The lowest BCUT2D eigenvalue weighted by Gasteiger charge is -2.07. The fourth-order valence-corrected chi connectivity index (χ4v) is 3.34. The van der Waals surface area contributed by atoms with E-state index in [0.29, 0.717) is 36.4 Å². The zero-order chi connectivity index (χ0) is 33.4. The molecule has 3 unspecified atom stereocenters. The summed E-state index contributed by atoms with van der Waals surface area (Å²) >= 11 is 0. The molecule has 0 aromatic carbocycles. The predicted octanol–water partition coefficient (Wildman–Crippen LogP) is 0.401. The first-order chi connectivity index (χ1) is 21.3. The minimum Gasteiger partial charge on any atom is -0.461 e. The molecule has 258 valence electrons. The van der Waals surface area contributed by atoms with E-state index in [-0.39, 0.29) is 77.4 Å². The summed E-state index contributed by atoms with van der Waals surface area (Å²) in [5.74, 6) is 1.63. The third kappa shape index (κ3) is 25.2. The smallest absolute Gasteiger partial charge is 0.185 e. The van der Waals surface area contributed by atoms with E-state index in [1.165, 1.54) is 6.07 Å². The van der Waals surface area contributed by atoms with Gasteiger partial charge >= 0.3 is 0 Å². The summed E-state index contributed by atoms with van der Waals surface area (Å²) in [7, 11) is 0. The average molecular weight is 639 g/mol. The Labute approximate surface area is 258 Å². The van der Waals surface area contributed by atoms with Crippen molar-refractivity contribution in [2.75, 3.05) is 39.6 Å². The molecule has 0 bridgehead atoms. The molecule has 3 atom stereocenters. The summed E-state index contributed by atoms with van der Waals surface area (Å²) in [4.78, 5) is 9.96. The Balaban J connectivity index is 0. The van der Waals surface area contributed by atoms with Crippen molar-refractivity contribution in [2.24, 2.45) is 0 Å². The fraction of sp³-hybridized carbons (Fsp3) is 0.700. The number of hydrogen-bond acceptors (Lipinski definition) is 14. The molecule has 1 aliphatic heterocycles. The number of rotatable bonds is 16. The Bertz CT molecular complexity index is 822. The molecule has 10 N–H and O–H groups in total. The van der Waals surface area contributed by atoms with Gasteiger partial charge in [-0.25, -0.2) is 0 Å². The quantitative estimate of drug-likeness (QED) is 0.0882. The molecule has 1 aliphatic rings. The highest BCUT2D eigenvalue weighted by molar-refractivity contribution is 5.70.